The molecule has 0 radical (unpaired) electrons. The van der Waals surface area contributed by atoms with Gasteiger partial charge in [0.1, 0.15) is 0 Å². The number of allylic oxidation sites excluding steroid dienone is 3. The number of nitrogens with zero attached hydrogens (tertiary/aromatic N) is 4. The Labute approximate surface area is 270 Å². The van der Waals surface area contributed by atoms with Gasteiger partial charge in [0, 0.05) is 53.1 Å². The monoisotopic (exact) mass is 594 g/mol. The van der Waals surface area contributed by atoms with Gasteiger partial charge in [0.05, 0.1) is 17.4 Å². The van der Waals surface area contributed by atoms with Crippen LogP contribution in [0.3, 0.4) is 0 Å². The topological polar surface area (TPSA) is 41.4 Å². The highest BCUT2D eigenvalue weighted by Crippen LogP contribution is 2.49. The molecule has 0 spiro atoms. The number of para-hydroxylation sites is 1. The van der Waals surface area contributed by atoms with Crippen molar-refractivity contribution in [3.05, 3.63) is 156 Å². The Balaban J connectivity index is 0.961. The SMILES string of the molecule is CC1(C)c2ccccc2-c2ccc(-c3ccc(-c4ccc(C5=CC(N6c7ccccc7C7C=NC=CC76)=CCC5)cn4)nc3)cc21. The highest BCUT2D eigenvalue weighted by atomic mass is 15.2. The molecule has 4 aliphatic rings. The molecule has 2 aromatic heterocycles. The lowest BCUT2D eigenvalue weighted by Crippen LogP contribution is -2.33. The summed E-state index contributed by atoms with van der Waals surface area (Å²) in [5.41, 5.74) is 15.9. The fraction of sp³-hybridized carbons (Fsp3) is 0.167. The maximum atomic E-state index is 4.87. The maximum Gasteiger partial charge on any atom is 0.0886 e. The number of hydrogen-bond acceptors (Lipinski definition) is 4. The number of fused-ring (bicyclic) bond motifs is 6. The molecule has 0 N–H and O–H groups in total. The summed E-state index contributed by atoms with van der Waals surface area (Å²) in [5, 5.41) is 0. The van der Waals surface area contributed by atoms with Crippen LogP contribution in [0.2, 0.25) is 0 Å². The van der Waals surface area contributed by atoms with E-state index in [2.05, 4.69) is 139 Å². The summed E-state index contributed by atoms with van der Waals surface area (Å²) >= 11 is 0. The minimum atomic E-state index is -0.0194. The van der Waals surface area contributed by atoms with Crippen molar-refractivity contribution in [2.45, 2.75) is 44.1 Å². The highest BCUT2D eigenvalue weighted by molar-refractivity contribution is 5.85. The third kappa shape index (κ3) is 4.17. The van der Waals surface area contributed by atoms with Crippen LogP contribution in [-0.4, -0.2) is 22.2 Å². The van der Waals surface area contributed by atoms with Crippen molar-refractivity contribution < 1.29 is 0 Å². The molecule has 4 nitrogen and oxygen atoms in total. The minimum Gasteiger partial charge on any atom is -0.333 e. The summed E-state index contributed by atoms with van der Waals surface area (Å²) < 4.78 is 0. The van der Waals surface area contributed by atoms with Gasteiger partial charge in [-0.05, 0) is 93.8 Å². The van der Waals surface area contributed by atoms with Crippen molar-refractivity contribution in [1.82, 2.24) is 9.97 Å². The first-order chi connectivity index (χ1) is 22.6. The van der Waals surface area contributed by atoms with Gasteiger partial charge in [-0.1, -0.05) is 86.7 Å². The van der Waals surface area contributed by atoms with Crippen LogP contribution >= 0.6 is 0 Å². The molecule has 2 unspecified atom stereocenters. The second kappa shape index (κ2) is 10.3. The Hall–Kier alpha value is -5.35. The molecule has 46 heavy (non-hydrogen) atoms. The zero-order valence-corrected chi connectivity index (χ0v) is 26.1. The first kappa shape index (κ1) is 27.0. The van der Waals surface area contributed by atoms with Crippen molar-refractivity contribution >= 4 is 17.5 Å². The van der Waals surface area contributed by atoms with E-state index < -0.39 is 0 Å². The molecule has 4 heteroatoms. The molecule has 2 aliphatic heterocycles. The van der Waals surface area contributed by atoms with Gasteiger partial charge >= 0.3 is 0 Å². The number of aliphatic imine (C=N–C) groups is 1. The Morgan fingerprint density at radius 1 is 0.739 bits per heavy atom. The molecule has 0 saturated heterocycles. The predicted molar refractivity (Wildman–Crippen MR) is 189 cm³/mol. The Morgan fingerprint density at radius 2 is 1.48 bits per heavy atom. The number of rotatable bonds is 4. The van der Waals surface area contributed by atoms with Gasteiger partial charge in [0.2, 0.25) is 0 Å². The highest BCUT2D eigenvalue weighted by Gasteiger charge is 2.38. The largest absolute Gasteiger partial charge is 0.333 e. The summed E-state index contributed by atoms with van der Waals surface area (Å²) in [6.07, 6.45) is 17.0. The van der Waals surface area contributed by atoms with E-state index in [1.165, 1.54) is 50.3 Å². The lowest BCUT2D eigenvalue weighted by Gasteiger charge is -2.31. The first-order valence-corrected chi connectivity index (χ1v) is 16.2. The predicted octanol–water partition coefficient (Wildman–Crippen LogP) is 9.75. The first-order valence-electron chi connectivity index (χ1n) is 16.2. The van der Waals surface area contributed by atoms with Crippen LogP contribution in [-0.2, 0) is 5.41 Å². The standard InChI is InChI=1S/C42H34N4/c1-42(2)36-12-5-3-10-32(36)33-17-14-28(23-37(33)42)30-16-19-39(45-25-30)38-18-15-29(24-44-38)27-8-7-9-31(22-27)46-40-13-6-4-11-34(40)35-26-43-21-20-41(35)46/h3-6,9-26,35,41H,7-8H2,1-2H3. The molecule has 222 valence electrons. The Bertz CT molecular complexity index is 2130. The Kier molecular flexibility index (Phi) is 6.08. The zero-order chi connectivity index (χ0) is 30.8. The number of hydrogen-bond donors (Lipinski definition) is 0. The van der Waals surface area contributed by atoms with Gasteiger partial charge in [0.15, 0.2) is 0 Å². The van der Waals surface area contributed by atoms with Gasteiger partial charge < -0.3 is 4.90 Å². The third-order valence-corrected chi connectivity index (χ3v) is 10.3. The van der Waals surface area contributed by atoms with Crippen molar-refractivity contribution in [3.63, 3.8) is 0 Å². The second-order valence-electron chi connectivity index (χ2n) is 13.2. The number of anilines is 1. The molecule has 4 heterocycles. The molecule has 0 amide bonds. The molecule has 9 rings (SSSR count). The van der Waals surface area contributed by atoms with E-state index in [1.54, 1.807) is 0 Å². The number of pyridine rings is 2. The molecule has 3 aromatic carbocycles. The number of benzene rings is 3. The van der Waals surface area contributed by atoms with Gasteiger partial charge in [-0.15, -0.1) is 0 Å². The van der Waals surface area contributed by atoms with E-state index in [0.29, 0.717) is 0 Å². The quantitative estimate of drug-likeness (QED) is 0.208. The summed E-state index contributed by atoms with van der Waals surface area (Å²) in [4.78, 5) is 16.7. The Morgan fingerprint density at radius 3 is 2.30 bits per heavy atom. The lowest BCUT2D eigenvalue weighted by molar-refractivity contribution is 0.660. The third-order valence-electron chi connectivity index (χ3n) is 10.3. The van der Waals surface area contributed by atoms with E-state index >= 15 is 0 Å². The average molecular weight is 595 g/mol. The molecule has 2 aliphatic carbocycles. The van der Waals surface area contributed by atoms with E-state index in [1.807, 2.05) is 18.6 Å². The maximum absolute atomic E-state index is 4.87. The van der Waals surface area contributed by atoms with E-state index in [4.69, 9.17) is 9.97 Å². The number of aromatic nitrogens is 2. The zero-order valence-electron chi connectivity index (χ0n) is 26.1. The van der Waals surface area contributed by atoms with Crippen LogP contribution in [0, 0.1) is 0 Å². The van der Waals surface area contributed by atoms with E-state index in [0.717, 1.165) is 35.4 Å². The van der Waals surface area contributed by atoms with Gasteiger partial charge in [0.25, 0.3) is 0 Å². The van der Waals surface area contributed by atoms with Crippen molar-refractivity contribution in [2.75, 3.05) is 4.90 Å². The fourth-order valence-corrected chi connectivity index (χ4v) is 7.88. The molecule has 0 saturated carbocycles. The summed E-state index contributed by atoms with van der Waals surface area (Å²) in [7, 11) is 0. The summed E-state index contributed by atoms with van der Waals surface area (Å²) in [6.45, 7) is 4.64. The van der Waals surface area contributed by atoms with Crippen LogP contribution in [0.1, 0.15) is 54.9 Å². The van der Waals surface area contributed by atoms with Crippen LogP contribution < -0.4 is 4.90 Å². The van der Waals surface area contributed by atoms with E-state index in [9.17, 15) is 0 Å². The minimum absolute atomic E-state index is 0.0194. The van der Waals surface area contributed by atoms with Crippen LogP contribution in [0.4, 0.5) is 5.69 Å². The van der Waals surface area contributed by atoms with Gasteiger partial charge in [-0.2, -0.15) is 0 Å². The molecular weight excluding hydrogens is 560 g/mol. The summed E-state index contributed by atoms with van der Waals surface area (Å²) in [6, 6.07) is 33.2. The fourth-order valence-electron chi connectivity index (χ4n) is 7.88. The molecule has 5 aromatic rings. The second-order valence-corrected chi connectivity index (χ2v) is 13.2. The van der Waals surface area contributed by atoms with Crippen molar-refractivity contribution in [1.29, 1.82) is 0 Å². The smallest absolute Gasteiger partial charge is 0.0886 e. The average Bonchev–Trinajstić information content (AvgIpc) is 3.57. The van der Waals surface area contributed by atoms with Gasteiger partial charge in [-0.25, -0.2) is 0 Å². The van der Waals surface area contributed by atoms with Crippen LogP contribution in [0.5, 0.6) is 0 Å². The van der Waals surface area contributed by atoms with Gasteiger partial charge in [-0.3, -0.25) is 15.0 Å². The molecule has 0 bridgehead atoms. The van der Waals surface area contributed by atoms with Crippen molar-refractivity contribution in [2.24, 2.45) is 4.99 Å². The van der Waals surface area contributed by atoms with E-state index in [-0.39, 0.29) is 17.4 Å². The van der Waals surface area contributed by atoms with Crippen LogP contribution in [0.25, 0.3) is 39.2 Å². The molecule has 2 atom stereocenters. The van der Waals surface area contributed by atoms with Crippen LogP contribution in [0.15, 0.2) is 139 Å². The molecule has 0 fully saturated rings. The lowest BCUT2D eigenvalue weighted by atomic mass is 9.81. The van der Waals surface area contributed by atoms with Crippen molar-refractivity contribution in [3.8, 4) is 33.6 Å². The normalized spacial score (nSPS) is 20.0. The molecular formula is C42H34N4. The summed E-state index contributed by atoms with van der Waals surface area (Å²) in [5.74, 6) is 0.285.